The molecule has 0 aromatic carbocycles. The van der Waals surface area contributed by atoms with Gasteiger partial charge in [-0.2, -0.15) is 0 Å². The minimum atomic E-state index is -0.895. The molecule has 6 heteroatoms. The molecule has 0 aliphatic carbocycles. The lowest BCUT2D eigenvalue weighted by Gasteiger charge is -2.22. The van der Waals surface area contributed by atoms with Crippen LogP contribution in [0, 0.1) is 0 Å². The molecular formula is C12H19N3O3. The summed E-state index contributed by atoms with van der Waals surface area (Å²) in [4.78, 5) is 22.6. The van der Waals surface area contributed by atoms with E-state index in [-0.39, 0.29) is 18.2 Å². The quantitative estimate of drug-likeness (QED) is 0.685. The van der Waals surface area contributed by atoms with Crippen LogP contribution in [0.15, 0.2) is 16.5 Å². The molecule has 1 heterocycles. The van der Waals surface area contributed by atoms with E-state index in [1.807, 2.05) is 6.92 Å². The van der Waals surface area contributed by atoms with E-state index >= 15 is 0 Å². The first-order valence-electron chi connectivity index (χ1n) is 5.82. The number of primary amides is 1. The van der Waals surface area contributed by atoms with Crippen molar-refractivity contribution >= 4 is 11.8 Å². The predicted octanol–water partition coefficient (Wildman–Crippen LogP) is 0.512. The third-order valence-corrected chi connectivity index (χ3v) is 2.62. The summed E-state index contributed by atoms with van der Waals surface area (Å²) in [5, 5.41) is 2.67. The zero-order valence-electron chi connectivity index (χ0n) is 10.7. The predicted molar refractivity (Wildman–Crippen MR) is 66.6 cm³/mol. The van der Waals surface area contributed by atoms with E-state index in [0.717, 1.165) is 6.42 Å². The number of carbonyl (C=O) groups excluding carboxylic acids is 2. The summed E-state index contributed by atoms with van der Waals surface area (Å²) in [5.41, 5.74) is 10.0. The molecule has 1 aromatic rings. The first-order valence-corrected chi connectivity index (χ1v) is 5.82. The van der Waals surface area contributed by atoms with E-state index < -0.39 is 11.4 Å². The van der Waals surface area contributed by atoms with Crippen LogP contribution in [0.2, 0.25) is 0 Å². The van der Waals surface area contributed by atoms with Crippen molar-refractivity contribution in [2.75, 3.05) is 0 Å². The molecule has 0 aliphatic rings. The fourth-order valence-electron chi connectivity index (χ4n) is 1.61. The van der Waals surface area contributed by atoms with Gasteiger partial charge in [0.1, 0.15) is 5.76 Å². The topological polar surface area (TPSA) is 111 Å². The number of rotatable bonds is 6. The highest BCUT2D eigenvalue weighted by Crippen LogP contribution is 2.10. The van der Waals surface area contributed by atoms with Crippen molar-refractivity contribution in [2.45, 2.75) is 38.8 Å². The molecule has 1 atom stereocenters. The van der Waals surface area contributed by atoms with Crippen LogP contribution in [0.25, 0.3) is 0 Å². The fraction of sp³-hybridized carbons (Fsp3) is 0.500. The lowest BCUT2D eigenvalue weighted by molar-refractivity contribution is -0.126. The van der Waals surface area contributed by atoms with Crippen LogP contribution in [-0.4, -0.2) is 17.4 Å². The zero-order valence-corrected chi connectivity index (χ0v) is 10.7. The van der Waals surface area contributed by atoms with Crippen LogP contribution in [0.5, 0.6) is 0 Å². The maximum absolute atomic E-state index is 11.8. The van der Waals surface area contributed by atoms with Crippen molar-refractivity contribution in [3.8, 4) is 0 Å². The first-order chi connectivity index (χ1) is 8.36. The minimum Gasteiger partial charge on any atom is -0.454 e. The second-order valence-electron chi connectivity index (χ2n) is 4.48. The number of hydrogen-bond acceptors (Lipinski definition) is 4. The molecule has 0 bridgehead atoms. The molecule has 6 nitrogen and oxygen atoms in total. The molecule has 2 amide bonds. The Bertz CT molecular complexity index is 438. The van der Waals surface area contributed by atoms with Crippen LogP contribution < -0.4 is 16.8 Å². The van der Waals surface area contributed by atoms with E-state index in [2.05, 4.69) is 5.32 Å². The Morgan fingerprint density at radius 1 is 1.44 bits per heavy atom. The standard InChI is InChI=1S/C12H19N3O3/c1-3-6-12(2,14)11(17)15-7-8-4-5-9(18-8)10(13)16/h4-5H,3,6-7,14H2,1-2H3,(H2,13,16)(H,15,17). The van der Waals surface area contributed by atoms with Crippen LogP contribution in [-0.2, 0) is 11.3 Å². The van der Waals surface area contributed by atoms with Gasteiger partial charge < -0.3 is 21.2 Å². The number of furan rings is 1. The smallest absolute Gasteiger partial charge is 0.284 e. The summed E-state index contributed by atoms with van der Waals surface area (Å²) >= 11 is 0. The number of hydrogen-bond donors (Lipinski definition) is 3. The van der Waals surface area contributed by atoms with E-state index in [0.29, 0.717) is 12.2 Å². The van der Waals surface area contributed by atoms with Crippen molar-refractivity contribution in [1.82, 2.24) is 5.32 Å². The van der Waals surface area contributed by atoms with Crippen molar-refractivity contribution in [3.63, 3.8) is 0 Å². The maximum atomic E-state index is 11.8. The Kier molecular flexibility index (Phi) is 4.49. The first kappa shape index (κ1) is 14.2. The lowest BCUT2D eigenvalue weighted by atomic mass is 9.96. The number of amides is 2. The third kappa shape index (κ3) is 3.59. The Morgan fingerprint density at radius 2 is 2.11 bits per heavy atom. The summed E-state index contributed by atoms with van der Waals surface area (Å²) in [7, 11) is 0. The van der Waals surface area contributed by atoms with Crippen LogP contribution in [0.4, 0.5) is 0 Å². The molecule has 1 aromatic heterocycles. The second-order valence-corrected chi connectivity index (χ2v) is 4.48. The van der Waals surface area contributed by atoms with Gasteiger partial charge in [0, 0.05) is 0 Å². The van der Waals surface area contributed by atoms with Gasteiger partial charge in [-0.1, -0.05) is 13.3 Å². The summed E-state index contributed by atoms with van der Waals surface area (Å²) in [6, 6.07) is 3.06. The van der Waals surface area contributed by atoms with E-state index in [4.69, 9.17) is 15.9 Å². The SMILES string of the molecule is CCCC(C)(N)C(=O)NCc1ccc(C(N)=O)o1. The molecule has 0 saturated heterocycles. The molecule has 0 aliphatic heterocycles. The molecule has 1 unspecified atom stereocenters. The van der Waals surface area contributed by atoms with Gasteiger partial charge in [0.05, 0.1) is 12.1 Å². The lowest BCUT2D eigenvalue weighted by Crippen LogP contribution is -2.51. The number of nitrogens with one attached hydrogen (secondary N) is 1. The number of carbonyl (C=O) groups is 2. The third-order valence-electron chi connectivity index (χ3n) is 2.62. The number of nitrogens with two attached hydrogens (primary N) is 2. The second kappa shape index (κ2) is 5.68. The van der Waals surface area contributed by atoms with Crippen LogP contribution in [0.1, 0.15) is 43.0 Å². The molecule has 0 saturated carbocycles. The molecule has 100 valence electrons. The van der Waals surface area contributed by atoms with Gasteiger partial charge in [0.15, 0.2) is 5.76 Å². The fourth-order valence-corrected chi connectivity index (χ4v) is 1.61. The summed E-state index contributed by atoms with van der Waals surface area (Å²) in [6.45, 7) is 3.83. The summed E-state index contributed by atoms with van der Waals surface area (Å²) in [5.74, 6) is -0.351. The molecule has 0 radical (unpaired) electrons. The van der Waals surface area contributed by atoms with E-state index in [1.165, 1.54) is 6.07 Å². The highest BCUT2D eigenvalue weighted by Gasteiger charge is 2.26. The average molecular weight is 253 g/mol. The van der Waals surface area contributed by atoms with Gasteiger partial charge in [-0.05, 0) is 25.5 Å². The van der Waals surface area contributed by atoms with E-state index in [9.17, 15) is 9.59 Å². The van der Waals surface area contributed by atoms with Gasteiger partial charge >= 0.3 is 0 Å². The molecule has 0 spiro atoms. The summed E-state index contributed by atoms with van der Waals surface area (Å²) in [6.07, 6.45) is 1.43. The van der Waals surface area contributed by atoms with Crippen LogP contribution in [0.3, 0.4) is 0 Å². The Labute approximate surface area is 106 Å². The van der Waals surface area contributed by atoms with Crippen molar-refractivity contribution in [2.24, 2.45) is 11.5 Å². The highest BCUT2D eigenvalue weighted by atomic mass is 16.4. The monoisotopic (exact) mass is 253 g/mol. The van der Waals surface area contributed by atoms with Gasteiger partial charge in [0.25, 0.3) is 5.91 Å². The Morgan fingerprint density at radius 3 is 2.61 bits per heavy atom. The highest BCUT2D eigenvalue weighted by molar-refractivity contribution is 5.90. The van der Waals surface area contributed by atoms with Gasteiger partial charge in [-0.3, -0.25) is 9.59 Å². The Balaban J connectivity index is 2.54. The van der Waals surface area contributed by atoms with E-state index in [1.54, 1.807) is 13.0 Å². The van der Waals surface area contributed by atoms with Crippen molar-refractivity contribution in [3.05, 3.63) is 23.7 Å². The molecule has 18 heavy (non-hydrogen) atoms. The van der Waals surface area contributed by atoms with Gasteiger partial charge in [-0.25, -0.2) is 0 Å². The van der Waals surface area contributed by atoms with Crippen LogP contribution >= 0.6 is 0 Å². The van der Waals surface area contributed by atoms with Crippen molar-refractivity contribution < 1.29 is 14.0 Å². The average Bonchev–Trinajstić information content (AvgIpc) is 2.74. The normalized spacial score (nSPS) is 13.9. The summed E-state index contributed by atoms with van der Waals surface area (Å²) < 4.78 is 5.14. The largest absolute Gasteiger partial charge is 0.454 e. The molecule has 5 N–H and O–H groups in total. The van der Waals surface area contributed by atoms with Crippen molar-refractivity contribution in [1.29, 1.82) is 0 Å². The molecule has 0 fully saturated rings. The van der Waals surface area contributed by atoms with Gasteiger partial charge in [0.2, 0.25) is 5.91 Å². The molecular weight excluding hydrogens is 234 g/mol. The molecule has 1 rings (SSSR count). The maximum Gasteiger partial charge on any atom is 0.284 e. The minimum absolute atomic E-state index is 0.0725. The Hall–Kier alpha value is -1.82. The van der Waals surface area contributed by atoms with Gasteiger partial charge in [-0.15, -0.1) is 0 Å². The zero-order chi connectivity index (χ0) is 13.8.